The Labute approximate surface area is 106 Å². The molecule has 4 nitrogen and oxygen atoms in total. The molecule has 1 unspecified atom stereocenters. The fraction of sp³-hybridized carbons (Fsp3) is 0.923. The second-order valence-electron chi connectivity index (χ2n) is 5.82. The highest BCUT2D eigenvalue weighted by Gasteiger charge is 2.24. The number of rotatable bonds is 5. The number of hydrogen-bond acceptors (Lipinski definition) is 2. The van der Waals surface area contributed by atoms with Crippen LogP contribution in [0.4, 0.5) is 0 Å². The van der Waals surface area contributed by atoms with Gasteiger partial charge in [0.1, 0.15) is 0 Å². The van der Waals surface area contributed by atoms with Crippen molar-refractivity contribution < 1.29 is 4.74 Å². The van der Waals surface area contributed by atoms with Crippen LogP contribution in [-0.2, 0) is 4.74 Å². The molecule has 0 aromatic heterocycles. The minimum Gasteiger partial charge on any atom is -0.379 e. The number of nitrogens with zero attached hydrogens (tertiary/aromatic N) is 1. The highest BCUT2D eigenvalue weighted by atomic mass is 16.5. The molecule has 17 heavy (non-hydrogen) atoms. The smallest absolute Gasteiger partial charge is 0.191 e. The zero-order chi connectivity index (χ0) is 13.5. The summed E-state index contributed by atoms with van der Waals surface area (Å²) in [5, 5.41) is 6.58. The maximum atomic E-state index is 5.49. The van der Waals surface area contributed by atoms with Gasteiger partial charge in [0.15, 0.2) is 5.96 Å². The summed E-state index contributed by atoms with van der Waals surface area (Å²) in [6, 6.07) is 0. The first-order valence-corrected chi connectivity index (χ1v) is 6.28. The van der Waals surface area contributed by atoms with Crippen molar-refractivity contribution in [3.63, 3.8) is 0 Å². The van der Waals surface area contributed by atoms with E-state index in [9.17, 15) is 0 Å². The molecule has 0 aliphatic rings. The Balaban J connectivity index is 4.14. The van der Waals surface area contributed by atoms with Gasteiger partial charge in [-0.1, -0.05) is 34.6 Å². The second-order valence-corrected chi connectivity index (χ2v) is 5.82. The Morgan fingerprint density at radius 2 is 1.71 bits per heavy atom. The molecule has 0 radical (unpaired) electrons. The normalized spacial score (nSPS) is 14.9. The second kappa shape index (κ2) is 7.54. The van der Waals surface area contributed by atoms with Crippen molar-refractivity contribution in [2.24, 2.45) is 16.3 Å². The number of guanidine groups is 1. The summed E-state index contributed by atoms with van der Waals surface area (Å²) < 4.78 is 5.49. The van der Waals surface area contributed by atoms with Gasteiger partial charge in [0, 0.05) is 27.2 Å². The molecular weight excluding hydrogens is 214 g/mol. The molecule has 0 saturated carbocycles. The number of ether oxygens (including phenoxy) is 1. The maximum absolute atomic E-state index is 5.49. The van der Waals surface area contributed by atoms with E-state index in [-0.39, 0.29) is 11.5 Å². The number of aliphatic imine (C=N–C) groups is 1. The van der Waals surface area contributed by atoms with Crippen LogP contribution in [0.5, 0.6) is 0 Å². The first-order chi connectivity index (χ1) is 7.81. The van der Waals surface area contributed by atoms with Gasteiger partial charge >= 0.3 is 0 Å². The van der Waals surface area contributed by atoms with Crippen LogP contribution in [0, 0.1) is 11.3 Å². The Hall–Kier alpha value is -0.770. The molecule has 0 bridgehead atoms. The van der Waals surface area contributed by atoms with E-state index >= 15 is 0 Å². The molecule has 2 N–H and O–H groups in total. The average molecular weight is 243 g/mol. The SMILES string of the molecule is CN=C(NCC(C)C)NCC(OC)C(C)(C)C. The van der Waals surface area contributed by atoms with Gasteiger partial charge in [0.25, 0.3) is 0 Å². The molecule has 0 aromatic carbocycles. The van der Waals surface area contributed by atoms with Crippen molar-refractivity contribution in [3.8, 4) is 0 Å². The van der Waals surface area contributed by atoms with Gasteiger partial charge in [-0.25, -0.2) is 0 Å². The van der Waals surface area contributed by atoms with Crippen LogP contribution in [-0.4, -0.2) is 39.3 Å². The lowest BCUT2D eigenvalue weighted by Crippen LogP contribution is -2.46. The van der Waals surface area contributed by atoms with E-state index in [0.717, 1.165) is 19.0 Å². The van der Waals surface area contributed by atoms with Crippen LogP contribution in [0.15, 0.2) is 4.99 Å². The molecule has 0 spiro atoms. The molecule has 0 aliphatic heterocycles. The lowest BCUT2D eigenvalue weighted by molar-refractivity contribution is 0.0205. The molecule has 0 aliphatic carbocycles. The summed E-state index contributed by atoms with van der Waals surface area (Å²) in [7, 11) is 3.54. The van der Waals surface area contributed by atoms with Crippen molar-refractivity contribution >= 4 is 5.96 Å². The quantitative estimate of drug-likeness (QED) is 0.572. The number of hydrogen-bond donors (Lipinski definition) is 2. The van der Waals surface area contributed by atoms with Crippen LogP contribution in [0.2, 0.25) is 0 Å². The fourth-order valence-electron chi connectivity index (χ4n) is 1.45. The van der Waals surface area contributed by atoms with Crippen molar-refractivity contribution in [1.29, 1.82) is 0 Å². The summed E-state index contributed by atoms with van der Waals surface area (Å²) in [5.41, 5.74) is 0.124. The number of nitrogens with one attached hydrogen (secondary N) is 2. The first kappa shape index (κ1) is 16.2. The Morgan fingerprint density at radius 3 is 2.06 bits per heavy atom. The molecule has 0 aromatic rings. The summed E-state index contributed by atoms with van der Waals surface area (Å²) in [5.74, 6) is 1.44. The average Bonchev–Trinajstić information content (AvgIpc) is 2.21. The fourth-order valence-corrected chi connectivity index (χ4v) is 1.45. The Bertz CT molecular complexity index is 231. The molecule has 0 rings (SSSR count). The molecule has 4 heteroatoms. The van der Waals surface area contributed by atoms with Crippen molar-refractivity contribution in [2.45, 2.75) is 40.7 Å². The summed E-state index contributed by atoms with van der Waals surface area (Å²) in [4.78, 5) is 4.19. The van der Waals surface area contributed by atoms with Crippen LogP contribution in [0.3, 0.4) is 0 Å². The standard InChI is InChI=1S/C13H29N3O/c1-10(2)8-15-12(14-6)16-9-11(17-7)13(3,4)5/h10-11H,8-9H2,1-7H3,(H2,14,15,16). The van der Waals surface area contributed by atoms with Gasteiger partial charge in [-0.3, -0.25) is 4.99 Å². The molecule has 1 atom stereocenters. The van der Waals surface area contributed by atoms with Crippen molar-refractivity contribution in [1.82, 2.24) is 10.6 Å². The third-order valence-corrected chi connectivity index (χ3v) is 2.61. The highest BCUT2D eigenvalue weighted by molar-refractivity contribution is 5.79. The predicted octanol–water partition coefficient (Wildman–Crippen LogP) is 1.87. The third kappa shape index (κ3) is 7.21. The lowest BCUT2D eigenvalue weighted by Gasteiger charge is -2.30. The van der Waals surface area contributed by atoms with Crippen LogP contribution in [0.25, 0.3) is 0 Å². The molecular formula is C13H29N3O. The molecule has 0 fully saturated rings. The van der Waals surface area contributed by atoms with E-state index in [2.05, 4.69) is 50.2 Å². The highest BCUT2D eigenvalue weighted by Crippen LogP contribution is 2.20. The van der Waals surface area contributed by atoms with Gasteiger partial charge in [-0.2, -0.15) is 0 Å². The van der Waals surface area contributed by atoms with Gasteiger partial charge in [0.2, 0.25) is 0 Å². The van der Waals surface area contributed by atoms with Gasteiger partial charge in [-0.05, 0) is 11.3 Å². The van der Waals surface area contributed by atoms with Gasteiger partial charge in [-0.15, -0.1) is 0 Å². The maximum Gasteiger partial charge on any atom is 0.191 e. The molecule has 102 valence electrons. The van der Waals surface area contributed by atoms with Crippen LogP contribution < -0.4 is 10.6 Å². The largest absolute Gasteiger partial charge is 0.379 e. The Morgan fingerprint density at radius 1 is 1.18 bits per heavy atom. The van der Waals surface area contributed by atoms with E-state index in [1.807, 2.05) is 0 Å². The van der Waals surface area contributed by atoms with E-state index in [4.69, 9.17) is 4.74 Å². The van der Waals surface area contributed by atoms with E-state index < -0.39 is 0 Å². The summed E-state index contributed by atoms with van der Waals surface area (Å²) in [6.45, 7) is 12.6. The van der Waals surface area contributed by atoms with Crippen LogP contribution >= 0.6 is 0 Å². The lowest BCUT2D eigenvalue weighted by atomic mass is 9.89. The van der Waals surface area contributed by atoms with Crippen molar-refractivity contribution in [2.75, 3.05) is 27.2 Å². The van der Waals surface area contributed by atoms with Crippen LogP contribution in [0.1, 0.15) is 34.6 Å². The van der Waals surface area contributed by atoms with Gasteiger partial charge < -0.3 is 15.4 Å². The van der Waals surface area contributed by atoms with E-state index in [1.165, 1.54) is 0 Å². The molecule has 0 amide bonds. The minimum absolute atomic E-state index is 0.124. The summed E-state index contributed by atoms with van der Waals surface area (Å²) in [6.07, 6.45) is 0.167. The zero-order valence-electron chi connectivity index (χ0n) is 12.4. The zero-order valence-corrected chi connectivity index (χ0v) is 12.4. The summed E-state index contributed by atoms with van der Waals surface area (Å²) >= 11 is 0. The van der Waals surface area contributed by atoms with E-state index in [0.29, 0.717) is 5.92 Å². The predicted molar refractivity (Wildman–Crippen MR) is 74.5 cm³/mol. The molecule has 0 saturated heterocycles. The first-order valence-electron chi connectivity index (χ1n) is 6.28. The molecule has 0 heterocycles. The van der Waals surface area contributed by atoms with Crippen molar-refractivity contribution in [3.05, 3.63) is 0 Å². The Kier molecular flexibility index (Phi) is 7.19. The third-order valence-electron chi connectivity index (χ3n) is 2.61. The topological polar surface area (TPSA) is 45.7 Å². The monoisotopic (exact) mass is 243 g/mol. The number of methoxy groups -OCH3 is 1. The minimum atomic E-state index is 0.124. The van der Waals surface area contributed by atoms with Gasteiger partial charge in [0.05, 0.1) is 6.10 Å². The van der Waals surface area contributed by atoms with E-state index in [1.54, 1.807) is 14.2 Å².